The average Bonchev–Trinajstić information content (AvgIpc) is 2.60. The Bertz CT molecular complexity index is 527. The molecule has 2 N–H and O–H groups in total. The van der Waals surface area contributed by atoms with Crippen molar-refractivity contribution < 1.29 is 9.13 Å². The van der Waals surface area contributed by atoms with Crippen molar-refractivity contribution in [1.29, 1.82) is 0 Å². The Balaban J connectivity index is 1.99. The van der Waals surface area contributed by atoms with Gasteiger partial charge in [0.25, 0.3) is 0 Å². The number of ether oxygens (including phenoxy) is 1. The summed E-state index contributed by atoms with van der Waals surface area (Å²) >= 11 is 1.99. The monoisotopic (exact) mass is 353 g/mol. The van der Waals surface area contributed by atoms with Gasteiger partial charge in [0.05, 0.1) is 6.54 Å². The highest BCUT2D eigenvalue weighted by molar-refractivity contribution is 8.00. The standard InChI is InChI=1S/C18H28FN3OS/c1-3-20-17(21-13-15-7-5-6-8-16(15)19)22-14-18(24-4-2)9-11-23-12-10-18/h5-8H,3-4,9-14H2,1-2H3,(H2,20,21,22). The summed E-state index contributed by atoms with van der Waals surface area (Å²) in [6, 6.07) is 6.78. The average molecular weight is 354 g/mol. The topological polar surface area (TPSA) is 45.7 Å². The summed E-state index contributed by atoms with van der Waals surface area (Å²) in [6.07, 6.45) is 2.09. The number of aliphatic imine (C=N–C) groups is 1. The van der Waals surface area contributed by atoms with Crippen molar-refractivity contribution in [2.24, 2.45) is 4.99 Å². The van der Waals surface area contributed by atoms with Crippen molar-refractivity contribution >= 4 is 17.7 Å². The fourth-order valence-electron chi connectivity index (χ4n) is 2.80. The molecule has 1 aromatic rings. The molecule has 24 heavy (non-hydrogen) atoms. The fourth-order valence-corrected chi connectivity index (χ4v) is 4.04. The van der Waals surface area contributed by atoms with E-state index in [0.29, 0.717) is 12.1 Å². The predicted molar refractivity (Wildman–Crippen MR) is 100 cm³/mol. The molecular weight excluding hydrogens is 325 g/mol. The minimum Gasteiger partial charge on any atom is -0.381 e. The van der Waals surface area contributed by atoms with Gasteiger partial charge in [0.1, 0.15) is 5.82 Å². The van der Waals surface area contributed by atoms with Gasteiger partial charge in [0, 0.05) is 36.6 Å². The number of thioether (sulfide) groups is 1. The van der Waals surface area contributed by atoms with Crippen molar-refractivity contribution in [3.05, 3.63) is 35.6 Å². The van der Waals surface area contributed by atoms with Gasteiger partial charge in [0.15, 0.2) is 5.96 Å². The normalized spacial score (nSPS) is 17.5. The van der Waals surface area contributed by atoms with E-state index in [1.165, 1.54) is 6.07 Å². The lowest BCUT2D eigenvalue weighted by Crippen LogP contribution is -2.48. The van der Waals surface area contributed by atoms with Gasteiger partial charge in [-0.25, -0.2) is 9.38 Å². The molecule has 0 bridgehead atoms. The molecule has 0 radical (unpaired) electrons. The van der Waals surface area contributed by atoms with Crippen LogP contribution in [0.5, 0.6) is 0 Å². The molecule has 0 saturated carbocycles. The van der Waals surface area contributed by atoms with Gasteiger partial charge < -0.3 is 15.4 Å². The summed E-state index contributed by atoms with van der Waals surface area (Å²) in [5, 5.41) is 6.69. The molecule has 1 fully saturated rings. The number of nitrogens with one attached hydrogen (secondary N) is 2. The summed E-state index contributed by atoms with van der Waals surface area (Å²) in [5.74, 6) is 1.62. The van der Waals surface area contributed by atoms with E-state index in [2.05, 4.69) is 22.5 Å². The molecule has 0 aliphatic carbocycles. The maximum Gasteiger partial charge on any atom is 0.191 e. The maximum atomic E-state index is 13.7. The molecule has 1 aromatic carbocycles. The maximum absolute atomic E-state index is 13.7. The van der Waals surface area contributed by atoms with Crippen LogP contribution in [0.1, 0.15) is 32.3 Å². The molecule has 1 heterocycles. The first-order valence-electron chi connectivity index (χ1n) is 8.66. The number of guanidine groups is 1. The van der Waals surface area contributed by atoms with Gasteiger partial charge in [0.2, 0.25) is 0 Å². The van der Waals surface area contributed by atoms with E-state index in [4.69, 9.17) is 4.74 Å². The van der Waals surface area contributed by atoms with Gasteiger partial charge in [-0.15, -0.1) is 0 Å². The predicted octanol–water partition coefficient (Wildman–Crippen LogP) is 3.18. The zero-order valence-electron chi connectivity index (χ0n) is 14.6. The van der Waals surface area contributed by atoms with E-state index in [1.54, 1.807) is 12.1 Å². The molecule has 0 atom stereocenters. The molecule has 2 rings (SSSR count). The van der Waals surface area contributed by atoms with Crippen LogP contribution in [-0.2, 0) is 11.3 Å². The Kier molecular flexibility index (Phi) is 7.85. The van der Waals surface area contributed by atoms with Crippen LogP contribution in [0, 0.1) is 5.82 Å². The highest BCUT2D eigenvalue weighted by atomic mass is 32.2. The molecule has 1 aliphatic heterocycles. The van der Waals surface area contributed by atoms with E-state index in [0.717, 1.165) is 50.9 Å². The Morgan fingerprint density at radius 2 is 2.00 bits per heavy atom. The first-order chi connectivity index (χ1) is 11.7. The molecule has 6 heteroatoms. The van der Waals surface area contributed by atoms with Crippen LogP contribution < -0.4 is 10.6 Å². The quantitative estimate of drug-likeness (QED) is 0.584. The van der Waals surface area contributed by atoms with Gasteiger partial charge >= 0.3 is 0 Å². The third kappa shape index (κ3) is 5.67. The first kappa shape index (κ1) is 19.1. The van der Waals surface area contributed by atoms with Crippen molar-refractivity contribution in [2.75, 3.05) is 32.1 Å². The van der Waals surface area contributed by atoms with Crippen molar-refractivity contribution in [3.63, 3.8) is 0 Å². The minimum atomic E-state index is -0.209. The van der Waals surface area contributed by atoms with E-state index < -0.39 is 0 Å². The van der Waals surface area contributed by atoms with Gasteiger partial charge in [-0.1, -0.05) is 25.1 Å². The summed E-state index contributed by atoms with van der Waals surface area (Å²) in [5.41, 5.74) is 0.610. The fraction of sp³-hybridized carbons (Fsp3) is 0.611. The molecule has 0 amide bonds. The second-order valence-electron chi connectivity index (χ2n) is 5.87. The Labute approximate surface area is 148 Å². The Morgan fingerprint density at radius 3 is 2.67 bits per heavy atom. The lowest BCUT2D eigenvalue weighted by molar-refractivity contribution is 0.0782. The van der Waals surface area contributed by atoms with Crippen LogP contribution in [0.15, 0.2) is 29.3 Å². The second-order valence-corrected chi connectivity index (χ2v) is 7.60. The van der Waals surface area contributed by atoms with Crippen LogP contribution in [0.4, 0.5) is 4.39 Å². The number of hydrogen-bond acceptors (Lipinski definition) is 3. The highest BCUT2D eigenvalue weighted by Gasteiger charge is 2.32. The zero-order valence-corrected chi connectivity index (χ0v) is 15.4. The zero-order chi connectivity index (χ0) is 17.3. The lowest BCUT2D eigenvalue weighted by atomic mass is 9.99. The third-order valence-electron chi connectivity index (χ3n) is 4.14. The molecule has 0 aromatic heterocycles. The lowest BCUT2D eigenvalue weighted by Gasteiger charge is -2.37. The molecule has 1 saturated heterocycles. The molecule has 4 nitrogen and oxygen atoms in total. The largest absolute Gasteiger partial charge is 0.381 e. The van der Waals surface area contributed by atoms with Crippen molar-refractivity contribution in [1.82, 2.24) is 10.6 Å². The third-order valence-corrected chi connectivity index (χ3v) is 5.60. The van der Waals surface area contributed by atoms with Crippen LogP contribution in [-0.4, -0.2) is 42.8 Å². The molecule has 0 unspecified atom stereocenters. The van der Waals surface area contributed by atoms with Gasteiger partial charge in [-0.3, -0.25) is 0 Å². The van der Waals surface area contributed by atoms with Crippen LogP contribution in [0.25, 0.3) is 0 Å². The van der Waals surface area contributed by atoms with Crippen LogP contribution in [0.2, 0.25) is 0 Å². The smallest absolute Gasteiger partial charge is 0.191 e. The summed E-state index contributed by atoms with van der Waals surface area (Å²) in [6.45, 7) is 7.82. The number of hydrogen-bond donors (Lipinski definition) is 2. The van der Waals surface area contributed by atoms with Crippen LogP contribution >= 0.6 is 11.8 Å². The number of nitrogens with zero attached hydrogens (tertiary/aromatic N) is 1. The van der Waals surface area contributed by atoms with E-state index in [1.807, 2.05) is 24.8 Å². The molecule has 0 spiro atoms. The summed E-state index contributed by atoms with van der Waals surface area (Å²) in [7, 11) is 0. The number of benzene rings is 1. The number of rotatable bonds is 7. The Morgan fingerprint density at radius 1 is 1.25 bits per heavy atom. The van der Waals surface area contributed by atoms with E-state index in [-0.39, 0.29) is 10.6 Å². The highest BCUT2D eigenvalue weighted by Crippen LogP contribution is 2.34. The SMILES string of the molecule is CCNC(=NCc1ccccc1F)NCC1(SCC)CCOCC1. The molecular formula is C18H28FN3OS. The van der Waals surface area contributed by atoms with Crippen LogP contribution in [0.3, 0.4) is 0 Å². The minimum absolute atomic E-state index is 0.196. The van der Waals surface area contributed by atoms with Crippen molar-refractivity contribution in [3.8, 4) is 0 Å². The Hall–Kier alpha value is -1.27. The van der Waals surface area contributed by atoms with Gasteiger partial charge in [-0.2, -0.15) is 11.8 Å². The van der Waals surface area contributed by atoms with E-state index >= 15 is 0 Å². The van der Waals surface area contributed by atoms with Gasteiger partial charge in [-0.05, 0) is 31.6 Å². The first-order valence-corrected chi connectivity index (χ1v) is 9.65. The second kappa shape index (κ2) is 9.89. The molecule has 1 aliphatic rings. The van der Waals surface area contributed by atoms with Crippen molar-refractivity contribution in [2.45, 2.75) is 38.0 Å². The van der Waals surface area contributed by atoms with E-state index in [9.17, 15) is 4.39 Å². The molecule has 134 valence electrons. The number of halogens is 1. The summed E-state index contributed by atoms with van der Waals surface area (Å²) in [4.78, 5) is 4.53. The summed E-state index contributed by atoms with van der Waals surface area (Å²) < 4.78 is 19.4.